The van der Waals surface area contributed by atoms with Gasteiger partial charge < -0.3 is 54.8 Å². The molecule has 646 valence electrons. The summed E-state index contributed by atoms with van der Waals surface area (Å²) >= 11 is 0. The summed E-state index contributed by atoms with van der Waals surface area (Å²) in [4.78, 5) is 57.3. The van der Waals surface area contributed by atoms with Crippen LogP contribution < -0.4 is 21.7 Å². The molecule has 0 radical (unpaired) electrons. The summed E-state index contributed by atoms with van der Waals surface area (Å²) in [5.41, 5.74) is 14.6. The molecular formula is C100H154N4O12. The topological polar surface area (TPSA) is 212 Å². The maximum atomic E-state index is 11.9. The molecule has 5 N–H and O–H groups in total. The number of hydrogen-bond acceptors (Lipinski definition) is 13. The first-order chi connectivity index (χ1) is 55.8. The van der Waals surface area contributed by atoms with E-state index in [1.54, 1.807) is 7.11 Å². The normalized spacial score (nSPS) is 13.0. The average molecular weight is 1600 g/mol. The van der Waals surface area contributed by atoms with Crippen LogP contribution in [0.3, 0.4) is 0 Å². The summed E-state index contributed by atoms with van der Waals surface area (Å²) in [5, 5.41) is 8.64. The Morgan fingerprint density at radius 3 is 1.05 bits per heavy atom. The maximum absolute atomic E-state index is 11.9. The lowest BCUT2D eigenvalue weighted by molar-refractivity contribution is -0.155. The molecule has 3 amide bonds. The molecule has 7 atom stereocenters. The van der Waals surface area contributed by atoms with Crippen molar-refractivity contribution < 1.29 is 57.1 Å². The van der Waals surface area contributed by atoms with Crippen molar-refractivity contribution in [3.63, 3.8) is 0 Å². The lowest BCUT2D eigenvalue weighted by Gasteiger charge is -2.31. The van der Waals surface area contributed by atoms with Gasteiger partial charge in [0.25, 0.3) is 0 Å². The number of nitrogens with one attached hydrogen (secondary N) is 3. The van der Waals surface area contributed by atoms with E-state index in [1.165, 1.54) is 58.2 Å². The Balaban J connectivity index is 0.000000535. The molecule has 0 bridgehead atoms. The number of hydrogen-bond donors (Lipinski definition) is 4. The number of carbonyl (C=O) groups is 5. The Labute approximate surface area is 702 Å². The largest absolute Gasteiger partial charge is 0.463 e. The molecule has 0 aliphatic rings. The third-order valence-electron chi connectivity index (χ3n) is 22.0. The van der Waals surface area contributed by atoms with E-state index in [-0.39, 0.29) is 46.5 Å². The molecule has 0 aromatic heterocycles. The van der Waals surface area contributed by atoms with E-state index in [0.717, 1.165) is 76.7 Å². The van der Waals surface area contributed by atoms with Crippen molar-refractivity contribution in [2.45, 2.75) is 248 Å². The molecule has 0 aliphatic carbocycles. The number of rotatable bonds is 53. The molecule has 0 fully saturated rings. The Kier molecular flexibility index (Phi) is 56.9. The van der Waals surface area contributed by atoms with Crippen LogP contribution in [-0.2, 0) is 57.1 Å². The second kappa shape index (κ2) is 63.3. The summed E-state index contributed by atoms with van der Waals surface area (Å²) in [5.74, 6) is 3.38. The quantitative estimate of drug-likeness (QED) is 0.0159. The number of amides is 3. The fraction of sp³-hybridized carbons (Fsp3) is 0.570. The van der Waals surface area contributed by atoms with E-state index in [0.29, 0.717) is 147 Å². The second-order valence-corrected chi connectivity index (χ2v) is 32.2. The molecule has 116 heavy (non-hydrogen) atoms. The average Bonchev–Trinajstić information content (AvgIpc) is 0.821. The molecule has 6 rings (SSSR count). The predicted octanol–water partition coefficient (Wildman–Crippen LogP) is 21.5. The predicted molar refractivity (Wildman–Crippen MR) is 479 cm³/mol. The Morgan fingerprint density at radius 1 is 0.371 bits per heavy atom. The minimum Gasteiger partial charge on any atom is -0.463 e. The van der Waals surface area contributed by atoms with Crippen LogP contribution in [-0.4, -0.2) is 136 Å². The SMILES string of the molecule is C=CC(=O)OCCCC(=O)NCCCOCCOCCCNC(=O)C(C)(C)CC.CCC(C)(C)C(=O)NCCCOCCOCCCN.CCC(C)(C)C(=O)OCCOC.CCC(C)c1ccc(C(C)CC)cc1.CCC(CC(CC(CC(CC(C)c1ccccc1)c1ccccc1)c1ccccc1)c1ccccc1)c1ccccc1. The Bertz CT molecular complexity index is 3420. The van der Waals surface area contributed by atoms with Crippen molar-refractivity contribution >= 4 is 29.7 Å². The summed E-state index contributed by atoms with van der Waals surface area (Å²) in [6, 6.07) is 65.3. The van der Waals surface area contributed by atoms with E-state index in [1.807, 2.05) is 62.3 Å². The van der Waals surface area contributed by atoms with Crippen LogP contribution in [0.2, 0.25) is 0 Å². The van der Waals surface area contributed by atoms with Crippen LogP contribution in [0.15, 0.2) is 189 Å². The number of carbonyl (C=O) groups excluding carboxylic acids is 5. The first-order valence-electron chi connectivity index (χ1n) is 43.5. The highest BCUT2D eigenvalue weighted by Crippen LogP contribution is 2.44. The molecular weight excluding hydrogens is 1450 g/mol. The minimum atomic E-state index is -0.477. The standard InChI is InChI=1S/C42H46.C21H38N2O6.C14H30N2O3.C14H22.C9H18O3/c1-3-34(36-21-11-5-12-22-36)30-41(38-25-15-7-16-26-38)32-42(39-27-17-8-18-28-39)31-40(37-23-13-6-14-24-37)29-33(2)35-19-9-4-10-20-35;1-5-19(25)29-15-7-10-18(24)22-11-8-13-27-16-17-28-14-9-12-23-20(26)21(3,4)6-2;1-4-14(2,3)13(17)16-8-6-10-19-12-11-18-9-5-7-15;1-5-11(3)13-7-9-14(10-8-13)12(4)6-2;1-5-9(2,3)8(10)12-7-6-11-4/h4-28,33-34,40-42H,3,29-32H2,1-2H3;5H,1,6-17H2,2-4H3,(H,22,24)(H,23,26);4-12,15H2,1-3H3,(H,16,17);7-12H,5-6H2,1-4H3;5-7H2,1-4H3. The van der Waals surface area contributed by atoms with Crippen LogP contribution in [0.4, 0.5) is 0 Å². The summed E-state index contributed by atoms with van der Waals surface area (Å²) < 4.78 is 36.1. The van der Waals surface area contributed by atoms with Gasteiger partial charge in [0, 0.05) is 76.5 Å². The van der Waals surface area contributed by atoms with Gasteiger partial charge in [0.2, 0.25) is 17.7 Å². The zero-order valence-electron chi connectivity index (χ0n) is 74.5. The van der Waals surface area contributed by atoms with Gasteiger partial charge in [-0.25, -0.2) is 4.79 Å². The van der Waals surface area contributed by atoms with Crippen molar-refractivity contribution in [3.05, 3.63) is 228 Å². The van der Waals surface area contributed by atoms with Gasteiger partial charge in [-0.15, -0.1) is 0 Å². The van der Waals surface area contributed by atoms with Gasteiger partial charge in [-0.2, -0.15) is 0 Å². The zero-order chi connectivity index (χ0) is 85.7. The number of methoxy groups -OCH3 is 1. The number of benzene rings is 6. The Hall–Kier alpha value is -7.83. The van der Waals surface area contributed by atoms with Gasteiger partial charge in [-0.1, -0.05) is 273 Å². The Morgan fingerprint density at radius 2 is 0.707 bits per heavy atom. The van der Waals surface area contributed by atoms with Crippen LogP contribution in [0.25, 0.3) is 0 Å². The van der Waals surface area contributed by atoms with E-state index in [4.69, 9.17) is 38.9 Å². The fourth-order valence-electron chi connectivity index (χ4n) is 12.4. The van der Waals surface area contributed by atoms with Crippen LogP contribution in [0.5, 0.6) is 0 Å². The van der Waals surface area contributed by atoms with Crippen molar-refractivity contribution in [1.29, 1.82) is 0 Å². The van der Waals surface area contributed by atoms with Crippen LogP contribution in [0, 0.1) is 16.2 Å². The van der Waals surface area contributed by atoms with Gasteiger partial charge in [0.1, 0.15) is 6.61 Å². The molecule has 6 aromatic rings. The fourth-order valence-corrected chi connectivity index (χ4v) is 12.4. The lowest BCUT2D eigenvalue weighted by atomic mass is 9.73. The van der Waals surface area contributed by atoms with E-state index < -0.39 is 5.97 Å². The summed E-state index contributed by atoms with van der Waals surface area (Å²) in [6.07, 6.45) is 15.8. The zero-order valence-corrected chi connectivity index (χ0v) is 74.5. The number of esters is 2. The van der Waals surface area contributed by atoms with Gasteiger partial charge >= 0.3 is 11.9 Å². The van der Waals surface area contributed by atoms with Gasteiger partial charge in [0.05, 0.1) is 45.1 Å². The first kappa shape index (κ1) is 104. The van der Waals surface area contributed by atoms with Crippen molar-refractivity contribution in [3.8, 4) is 0 Å². The summed E-state index contributed by atoms with van der Waals surface area (Å²) in [7, 11) is 1.58. The van der Waals surface area contributed by atoms with E-state index >= 15 is 0 Å². The van der Waals surface area contributed by atoms with Gasteiger partial charge in [0.15, 0.2) is 0 Å². The van der Waals surface area contributed by atoms with Crippen molar-refractivity contribution in [2.24, 2.45) is 22.0 Å². The molecule has 0 spiro atoms. The molecule has 0 heterocycles. The highest BCUT2D eigenvalue weighted by Gasteiger charge is 2.30. The molecule has 0 saturated carbocycles. The smallest absolute Gasteiger partial charge is 0.330 e. The van der Waals surface area contributed by atoms with Gasteiger partial charge in [-0.05, 0) is 197 Å². The maximum Gasteiger partial charge on any atom is 0.330 e. The van der Waals surface area contributed by atoms with Crippen LogP contribution in [0.1, 0.15) is 287 Å². The number of nitrogens with two attached hydrogens (primary N) is 1. The lowest BCUT2D eigenvalue weighted by Crippen LogP contribution is -2.37. The highest BCUT2D eigenvalue weighted by atomic mass is 16.6. The minimum absolute atomic E-state index is 0.0719. The van der Waals surface area contributed by atoms with E-state index in [2.05, 4.69) is 240 Å². The first-order valence-corrected chi connectivity index (χ1v) is 43.5. The monoisotopic (exact) mass is 1600 g/mol. The van der Waals surface area contributed by atoms with Crippen LogP contribution >= 0.6 is 0 Å². The summed E-state index contributed by atoms with van der Waals surface area (Å²) in [6.45, 7) is 42.8. The molecule has 0 aliphatic heterocycles. The number of ether oxygens (including phenoxy) is 7. The molecule has 0 saturated heterocycles. The van der Waals surface area contributed by atoms with E-state index in [9.17, 15) is 24.0 Å². The third-order valence-corrected chi connectivity index (χ3v) is 22.0. The highest BCUT2D eigenvalue weighted by molar-refractivity contribution is 5.82. The van der Waals surface area contributed by atoms with Gasteiger partial charge in [-0.3, -0.25) is 19.2 Å². The van der Waals surface area contributed by atoms with Crippen molar-refractivity contribution in [1.82, 2.24) is 16.0 Å². The molecule has 7 unspecified atom stereocenters. The van der Waals surface area contributed by atoms with Crippen molar-refractivity contribution in [2.75, 3.05) is 106 Å². The second-order valence-electron chi connectivity index (χ2n) is 32.2. The molecule has 16 heteroatoms. The molecule has 16 nitrogen and oxygen atoms in total. The molecule has 6 aromatic carbocycles. The third kappa shape index (κ3) is 45.8.